The first kappa shape index (κ1) is 12.5. The van der Waals surface area contributed by atoms with Gasteiger partial charge in [-0.05, 0) is 23.8 Å². The largest absolute Gasteiger partial charge is 0.396 e. The molecule has 0 bridgehead atoms. The lowest BCUT2D eigenvalue weighted by Gasteiger charge is -2.04. The second-order valence-electron chi connectivity index (χ2n) is 4.27. The van der Waals surface area contributed by atoms with E-state index in [1.807, 2.05) is 30.3 Å². The zero-order valence-electron chi connectivity index (χ0n) is 10.8. The molecule has 0 spiro atoms. The minimum atomic E-state index is 0.137. The number of nitrogens with one attached hydrogen (secondary N) is 1. The Morgan fingerprint density at radius 3 is 2.80 bits per heavy atom. The van der Waals surface area contributed by atoms with Gasteiger partial charge in [0, 0.05) is 13.2 Å². The summed E-state index contributed by atoms with van der Waals surface area (Å²) in [6, 6.07) is 9.74. The van der Waals surface area contributed by atoms with Crippen molar-refractivity contribution in [3.8, 4) is 5.69 Å². The number of hydrogen-bond donors (Lipinski definition) is 2. The quantitative estimate of drug-likeness (QED) is 0.672. The van der Waals surface area contributed by atoms with Crippen LogP contribution in [-0.4, -0.2) is 43.4 Å². The van der Waals surface area contributed by atoms with E-state index in [-0.39, 0.29) is 6.61 Å². The topological polar surface area (TPSA) is 88.8 Å². The van der Waals surface area contributed by atoms with Gasteiger partial charge in [-0.25, -0.2) is 4.68 Å². The van der Waals surface area contributed by atoms with Gasteiger partial charge in [-0.15, -0.1) is 10.2 Å². The van der Waals surface area contributed by atoms with Crippen molar-refractivity contribution in [2.75, 3.05) is 18.5 Å². The highest BCUT2D eigenvalue weighted by Gasteiger charge is 2.11. The Labute approximate surface area is 115 Å². The monoisotopic (exact) mass is 270 g/mol. The van der Waals surface area contributed by atoms with Crippen LogP contribution in [0.15, 0.2) is 36.5 Å². The highest BCUT2D eigenvalue weighted by molar-refractivity contribution is 5.86. The van der Waals surface area contributed by atoms with E-state index >= 15 is 0 Å². The maximum atomic E-state index is 8.81. The molecule has 2 aromatic heterocycles. The van der Waals surface area contributed by atoms with E-state index in [4.69, 9.17) is 5.11 Å². The molecule has 3 rings (SSSR count). The molecule has 2 heterocycles. The second kappa shape index (κ2) is 5.62. The summed E-state index contributed by atoms with van der Waals surface area (Å²) >= 11 is 0. The smallest absolute Gasteiger partial charge is 0.190 e. The molecule has 0 fully saturated rings. The molecular weight excluding hydrogens is 256 g/mol. The summed E-state index contributed by atoms with van der Waals surface area (Å²) in [5, 5.41) is 28.9. The number of para-hydroxylation sites is 1. The summed E-state index contributed by atoms with van der Waals surface area (Å²) in [5.41, 5.74) is 1.57. The maximum absolute atomic E-state index is 8.81. The molecule has 0 radical (unpaired) electrons. The van der Waals surface area contributed by atoms with E-state index in [0.717, 1.165) is 11.1 Å². The van der Waals surface area contributed by atoms with Crippen LogP contribution in [0.5, 0.6) is 0 Å². The summed E-state index contributed by atoms with van der Waals surface area (Å²) in [4.78, 5) is 0. The fourth-order valence-electron chi connectivity index (χ4n) is 1.94. The standard InChI is InChI=1S/C13H14N6O/c20-8-4-7-14-12-11-9-15-19(13(11)17-18-16-12)10-5-2-1-3-6-10/h1-3,5-6,9,20H,4,7-8H2,(H,14,16,17). The Balaban J connectivity index is 1.99. The van der Waals surface area contributed by atoms with Gasteiger partial charge in [0.25, 0.3) is 0 Å². The number of aliphatic hydroxyl groups excluding tert-OH is 1. The Morgan fingerprint density at radius 1 is 1.15 bits per heavy atom. The summed E-state index contributed by atoms with van der Waals surface area (Å²) < 4.78 is 1.72. The molecule has 7 nitrogen and oxygen atoms in total. The third-order valence-electron chi connectivity index (χ3n) is 2.91. The number of rotatable bonds is 5. The fraction of sp³-hybridized carbons (Fsp3) is 0.231. The van der Waals surface area contributed by atoms with Crippen LogP contribution in [-0.2, 0) is 0 Å². The first-order chi connectivity index (χ1) is 9.90. The summed E-state index contributed by atoms with van der Waals surface area (Å²) in [6.07, 6.45) is 2.36. The molecule has 0 saturated heterocycles. The van der Waals surface area contributed by atoms with Gasteiger partial charge in [0.2, 0.25) is 0 Å². The number of anilines is 1. The third-order valence-corrected chi connectivity index (χ3v) is 2.91. The van der Waals surface area contributed by atoms with Gasteiger partial charge in [-0.2, -0.15) is 5.10 Å². The molecule has 0 aliphatic rings. The van der Waals surface area contributed by atoms with Crippen molar-refractivity contribution >= 4 is 16.9 Å². The molecule has 7 heteroatoms. The Hall–Kier alpha value is -2.54. The number of hydrogen-bond acceptors (Lipinski definition) is 6. The molecule has 3 aromatic rings. The first-order valence-corrected chi connectivity index (χ1v) is 6.37. The van der Waals surface area contributed by atoms with E-state index in [1.54, 1.807) is 10.9 Å². The van der Waals surface area contributed by atoms with Gasteiger partial charge in [0.05, 0.1) is 17.3 Å². The Bertz CT molecular complexity index is 696. The molecule has 0 unspecified atom stereocenters. The predicted molar refractivity (Wildman–Crippen MR) is 74.6 cm³/mol. The van der Waals surface area contributed by atoms with E-state index in [0.29, 0.717) is 24.4 Å². The Morgan fingerprint density at radius 2 is 2.00 bits per heavy atom. The average Bonchev–Trinajstić information content (AvgIpc) is 2.93. The van der Waals surface area contributed by atoms with Crippen molar-refractivity contribution in [2.45, 2.75) is 6.42 Å². The minimum Gasteiger partial charge on any atom is -0.396 e. The van der Waals surface area contributed by atoms with Gasteiger partial charge >= 0.3 is 0 Å². The second-order valence-corrected chi connectivity index (χ2v) is 4.27. The van der Waals surface area contributed by atoms with Gasteiger partial charge < -0.3 is 10.4 Å². The minimum absolute atomic E-state index is 0.137. The van der Waals surface area contributed by atoms with E-state index < -0.39 is 0 Å². The molecule has 20 heavy (non-hydrogen) atoms. The summed E-state index contributed by atoms with van der Waals surface area (Å²) in [5.74, 6) is 0.630. The van der Waals surface area contributed by atoms with Crippen molar-refractivity contribution in [1.29, 1.82) is 0 Å². The lowest BCUT2D eigenvalue weighted by atomic mass is 10.3. The van der Waals surface area contributed by atoms with Crippen LogP contribution in [0.1, 0.15) is 6.42 Å². The van der Waals surface area contributed by atoms with E-state index in [1.165, 1.54) is 0 Å². The van der Waals surface area contributed by atoms with Crippen LogP contribution in [0.3, 0.4) is 0 Å². The molecule has 1 aromatic carbocycles. The van der Waals surface area contributed by atoms with Crippen molar-refractivity contribution in [3.05, 3.63) is 36.5 Å². The van der Waals surface area contributed by atoms with Crippen LogP contribution in [0.4, 0.5) is 5.82 Å². The molecule has 0 saturated carbocycles. The average molecular weight is 270 g/mol. The van der Waals surface area contributed by atoms with E-state index in [2.05, 4.69) is 25.8 Å². The molecule has 0 atom stereocenters. The summed E-state index contributed by atoms with van der Waals surface area (Å²) in [7, 11) is 0. The Kier molecular flexibility index (Phi) is 3.51. The lowest BCUT2D eigenvalue weighted by Crippen LogP contribution is -2.07. The first-order valence-electron chi connectivity index (χ1n) is 6.37. The lowest BCUT2D eigenvalue weighted by molar-refractivity contribution is 0.292. The van der Waals surface area contributed by atoms with Gasteiger partial charge in [0.15, 0.2) is 11.5 Å². The molecule has 0 amide bonds. The van der Waals surface area contributed by atoms with Gasteiger partial charge in [-0.3, -0.25) is 0 Å². The number of aliphatic hydroxyl groups is 1. The highest BCUT2D eigenvalue weighted by Crippen LogP contribution is 2.20. The predicted octanol–water partition coefficient (Wildman–Crippen LogP) is 1.00. The molecule has 0 aliphatic heterocycles. The number of fused-ring (bicyclic) bond motifs is 1. The van der Waals surface area contributed by atoms with Crippen LogP contribution < -0.4 is 5.32 Å². The third kappa shape index (κ3) is 2.30. The van der Waals surface area contributed by atoms with Crippen LogP contribution >= 0.6 is 0 Å². The van der Waals surface area contributed by atoms with E-state index in [9.17, 15) is 0 Å². The SMILES string of the molecule is OCCCNc1nnnc2c1cnn2-c1ccccc1. The van der Waals surface area contributed by atoms with Crippen LogP contribution in [0, 0.1) is 0 Å². The van der Waals surface area contributed by atoms with Crippen molar-refractivity contribution < 1.29 is 5.11 Å². The highest BCUT2D eigenvalue weighted by atomic mass is 16.3. The van der Waals surface area contributed by atoms with Gasteiger partial charge in [-0.1, -0.05) is 18.2 Å². The molecule has 0 aliphatic carbocycles. The van der Waals surface area contributed by atoms with Crippen molar-refractivity contribution in [2.24, 2.45) is 0 Å². The van der Waals surface area contributed by atoms with Crippen molar-refractivity contribution in [3.63, 3.8) is 0 Å². The molecular formula is C13H14N6O. The van der Waals surface area contributed by atoms with Crippen LogP contribution in [0.2, 0.25) is 0 Å². The zero-order valence-corrected chi connectivity index (χ0v) is 10.8. The van der Waals surface area contributed by atoms with Crippen molar-refractivity contribution in [1.82, 2.24) is 25.2 Å². The maximum Gasteiger partial charge on any atom is 0.190 e. The molecule has 102 valence electrons. The van der Waals surface area contributed by atoms with Gasteiger partial charge in [0.1, 0.15) is 0 Å². The zero-order chi connectivity index (χ0) is 13.8. The summed E-state index contributed by atoms with van der Waals surface area (Å²) in [6.45, 7) is 0.763. The number of benzene rings is 1. The fourth-order valence-corrected chi connectivity index (χ4v) is 1.94. The normalized spacial score (nSPS) is 10.8. The number of nitrogens with zero attached hydrogens (tertiary/aromatic N) is 5. The van der Waals surface area contributed by atoms with Crippen LogP contribution in [0.25, 0.3) is 16.7 Å². The number of aromatic nitrogens is 5. The molecule has 2 N–H and O–H groups in total.